The van der Waals surface area contributed by atoms with Crippen LogP contribution in [0.1, 0.15) is 44.2 Å². The number of carbonyl (C=O) groups is 3. The smallest absolute Gasteiger partial charge is 0.407 e. The van der Waals surface area contributed by atoms with Gasteiger partial charge in [-0.15, -0.1) is 0 Å². The van der Waals surface area contributed by atoms with Crippen LogP contribution in [0.3, 0.4) is 0 Å². The van der Waals surface area contributed by atoms with Crippen LogP contribution in [0.15, 0.2) is 48.5 Å². The van der Waals surface area contributed by atoms with Gasteiger partial charge in [-0.2, -0.15) is 0 Å². The van der Waals surface area contributed by atoms with E-state index >= 15 is 0 Å². The van der Waals surface area contributed by atoms with Crippen LogP contribution in [-0.2, 0) is 19.1 Å². The predicted molar refractivity (Wildman–Crippen MR) is 130 cm³/mol. The number of hydrogen-bond acceptors (Lipinski definition) is 5. The lowest BCUT2D eigenvalue weighted by molar-refractivity contribution is -0.149. The van der Waals surface area contributed by atoms with Crippen molar-refractivity contribution in [2.45, 2.75) is 45.3 Å². The van der Waals surface area contributed by atoms with Crippen molar-refractivity contribution < 1.29 is 29.0 Å². The second kappa shape index (κ2) is 10.1. The van der Waals surface area contributed by atoms with Gasteiger partial charge in [0.15, 0.2) is 6.10 Å². The summed E-state index contributed by atoms with van der Waals surface area (Å²) >= 11 is 0. The number of carboxylic acid groups (broad SMARTS) is 1. The van der Waals surface area contributed by atoms with Crippen molar-refractivity contribution >= 4 is 18.0 Å². The molecule has 1 fully saturated rings. The van der Waals surface area contributed by atoms with Gasteiger partial charge in [0.25, 0.3) is 0 Å². The van der Waals surface area contributed by atoms with Crippen LogP contribution in [0.25, 0.3) is 11.1 Å². The highest BCUT2D eigenvalue weighted by Crippen LogP contribution is 2.44. The molecule has 1 aliphatic heterocycles. The number of hydrogen-bond donors (Lipinski definition) is 3. The number of fused-ring (bicyclic) bond motifs is 3. The lowest BCUT2D eigenvalue weighted by Gasteiger charge is -2.30. The van der Waals surface area contributed by atoms with Crippen molar-refractivity contribution in [1.29, 1.82) is 0 Å². The molecule has 3 atom stereocenters. The molecule has 2 aromatic rings. The Morgan fingerprint density at radius 1 is 1.06 bits per heavy atom. The first-order valence-corrected chi connectivity index (χ1v) is 11.9. The van der Waals surface area contributed by atoms with Crippen molar-refractivity contribution in [3.63, 3.8) is 0 Å². The molecule has 0 spiro atoms. The van der Waals surface area contributed by atoms with Gasteiger partial charge < -0.3 is 25.2 Å². The Bertz CT molecular complexity index is 1060. The number of benzene rings is 2. The van der Waals surface area contributed by atoms with Crippen LogP contribution in [0.5, 0.6) is 0 Å². The van der Waals surface area contributed by atoms with E-state index in [1.54, 1.807) is 0 Å². The molecular formula is C27H32N2O6. The van der Waals surface area contributed by atoms with E-state index in [9.17, 15) is 19.5 Å². The molecule has 4 rings (SSSR count). The molecule has 0 radical (unpaired) electrons. The molecule has 1 heterocycles. The zero-order valence-electron chi connectivity index (χ0n) is 20.2. The highest BCUT2D eigenvalue weighted by Gasteiger charge is 2.37. The minimum atomic E-state index is -1.04. The topological polar surface area (TPSA) is 114 Å². The van der Waals surface area contributed by atoms with Crippen molar-refractivity contribution in [2.75, 3.05) is 19.8 Å². The van der Waals surface area contributed by atoms with Gasteiger partial charge in [0.1, 0.15) is 12.6 Å². The summed E-state index contributed by atoms with van der Waals surface area (Å²) in [5.74, 6) is -1.81. The van der Waals surface area contributed by atoms with E-state index < -0.39 is 29.6 Å². The summed E-state index contributed by atoms with van der Waals surface area (Å²) in [6.45, 7) is 6.20. The Morgan fingerprint density at radius 2 is 1.66 bits per heavy atom. The Hall–Kier alpha value is -3.39. The highest BCUT2D eigenvalue weighted by atomic mass is 16.5. The number of amides is 2. The van der Waals surface area contributed by atoms with Crippen molar-refractivity contribution in [3.05, 3.63) is 59.7 Å². The fraction of sp³-hybridized carbons (Fsp3) is 0.444. The number of aliphatic carboxylic acids is 1. The van der Waals surface area contributed by atoms with Crippen LogP contribution in [0.4, 0.5) is 4.79 Å². The number of alkyl carbamates (subject to hydrolysis) is 1. The molecule has 8 nitrogen and oxygen atoms in total. The van der Waals surface area contributed by atoms with Crippen LogP contribution >= 0.6 is 0 Å². The van der Waals surface area contributed by atoms with Crippen LogP contribution in [0, 0.1) is 11.3 Å². The lowest BCUT2D eigenvalue weighted by atomic mass is 9.86. The maximum atomic E-state index is 13.0. The molecule has 0 aromatic heterocycles. The third-order valence-electron chi connectivity index (χ3n) is 6.73. The quantitative estimate of drug-likeness (QED) is 0.559. The number of carboxylic acids is 1. The van der Waals surface area contributed by atoms with Crippen molar-refractivity contribution in [1.82, 2.24) is 10.6 Å². The second-order valence-corrected chi connectivity index (χ2v) is 10.2. The van der Waals surface area contributed by atoms with Gasteiger partial charge >= 0.3 is 12.1 Å². The minimum absolute atomic E-state index is 0.0784. The van der Waals surface area contributed by atoms with E-state index in [0.29, 0.717) is 13.0 Å². The first kappa shape index (κ1) is 24.7. The lowest BCUT2D eigenvalue weighted by Crippen LogP contribution is -2.54. The largest absolute Gasteiger partial charge is 0.479 e. The summed E-state index contributed by atoms with van der Waals surface area (Å²) in [6, 6.07) is 15.3. The molecule has 0 unspecified atom stereocenters. The zero-order valence-corrected chi connectivity index (χ0v) is 20.2. The second-order valence-electron chi connectivity index (χ2n) is 10.2. The van der Waals surface area contributed by atoms with Crippen LogP contribution < -0.4 is 10.6 Å². The summed E-state index contributed by atoms with van der Waals surface area (Å²) in [6.07, 6.45) is -1.05. The standard InChI is InChI=1S/C27H32N2O6/c1-27(2,3)23(24(30)28-14-16-12-13-34-22(16)25(31)32)29-26(33)35-15-21-19-10-6-4-8-17(19)18-9-5-7-11-20(18)21/h4-11,16,21-23H,12-15H2,1-3H3,(H,28,30)(H,29,33)(H,31,32)/t16-,22-,23-/m1/s1. The SMILES string of the molecule is CC(C)(C)[C@H](NC(=O)OCC1c2ccccc2-c2ccccc21)C(=O)NC[C@H]1CCO[C@H]1C(=O)O. The van der Waals surface area contributed by atoms with Gasteiger partial charge in [-0.05, 0) is 34.1 Å². The van der Waals surface area contributed by atoms with Crippen LogP contribution in [0.2, 0.25) is 0 Å². The number of carbonyl (C=O) groups excluding carboxylic acids is 2. The first-order valence-electron chi connectivity index (χ1n) is 11.9. The van der Waals surface area contributed by atoms with Crippen LogP contribution in [-0.4, -0.2) is 55.0 Å². The Labute approximate surface area is 205 Å². The Kier molecular flexibility index (Phi) is 7.12. The van der Waals surface area contributed by atoms with Gasteiger partial charge in [0.05, 0.1) is 0 Å². The van der Waals surface area contributed by atoms with E-state index in [1.807, 2.05) is 57.2 Å². The highest BCUT2D eigenvalue weighted by molar-refractivity contribution is 5.86. The molecule has 0 saturated carbocycles. The molecule has 8 heteroatoms. The van der Waals surface area contributed by atoms with E-state index in [4.69, 9.17) is 9.47 Å². The monoisotopic (exact) mass is 480 g/mol. The average molecular weight is 481 g/mol. The number of ether oxygens (including phenoxy) is 2. The third-order valence-corrected chi connectivity index (χ3v) is 6.73. The molecule has 0 bridgehead atoms. The molecule has 35 heavy (non-hydrogen) atoms. The fourth-order valence-corrected chi connectivity index (χ4v) is 4.88. The summed E-state index contributed by atoms with van der Waals surface area (Å²) < 4.78 is 10.9. The molecular weight excluding hydrogens is 448 g/mol. The number of nitrogens with one attached hydrogen (secondary N) is 2. The fourth-order valence-electron chi connectivity index (χ4n) is 4.88. The molecule has 3 N–H and O–H groups in total. The molecule has 2 aromatic carbocycles. The molecule has 1 saturated heterocycles. The maximum absolute atomic E-state index is 13.0. The Morgan fingerprint density at radius 3 is 2.23 bits per heavy atom. The van der Waals surface area contributed by atoms with E-state index in [-0.39, 0.29) is 30.9 Å². The molecule has 2 aliphatic rings. The summed E-state index contributed by atoms with van der Waals surface area (Å²) in [7, 11) is 0. The average Bonchev–Trinajstić information content (AvgIpc) is 3.42. The van der Waals surface area contributed by atoms with Gasteiger partial charge in [-0.3, -0.25) is 4.79 Å². The van der Waals surface area contributed by atoms with E-state index in [0.717, 1.165) is 22.3 Å². The number of rotatable bonds is 7. The zero-order chi connectivity index (χ0) is 25.2. The normalized spacial score (nSPS) is 20.0. The summed E-state index contributed by atoms with van der Waals surface area (Å²) in [4.78, 5) is 37.1. The van der Waals surface area contributed by atoms with Crippen molar-refractivity contribution in [3.8, 4) is 11.1 Å². The van der Waals surface area contributed by atoms with Gasteiger partial charge in [-0.25, -0.2) is 9.59 Å². The van der Waals surface area contributed by atoms with Gasteiger partial charge in [0, 0.05) is 25.0 Å². The third kappa shape index (κ3) is 5.32. The van der Waals surface area contributed by atoms with E-state index in [1.165, 1.54) is 0 Å². The van der Waals surface area contributed by atoms with E-state index in [2.05, 4.69) is 22.8 Å². The van der Waals surface area contributed by atoms with Gasteiger partial charge in [-0.1, -0.05) is 69.3 Å². The van der Waals surface area contributed by atoms with Gasteiger partial charge in [0.2, 0.25) is 5.91 Å². The maximum Gasteiger partial charge on any atom is 0.407 e. The Balaban J connectivity index is 1.38. The van der Waals surface area contributed by atoms with Crippen molar-refractivity contribution in [2.24, 2.45) is 11.3 Å². The first-order chi connectivity index (χ1) is 16.7. The summed E-state index contributed by atoms with van der Waals surface area (Å²) in [5, 5.41) is 14.8. The minimum Gasteiger partial charge on any atom is -0.479 e. The summed E-state index contributed by atoms with van der Waals surface area (Å²) in [5.41, 5.74) is 3.91. The predicted octanol–water partition coefficient (Wildman–Crippen LogP) is 3.55. The molecule has 1 aliphatic carbocycles. The molecule has 2 amide bonds. The molecule has 186 valence electrons.